The molecule has 0 saturated heterocycles. The van der Waals surface area contributed by atoms with E-state index in [1.807, 2.05) is 12.1 Å². The summed E-state index contributed by atoms with van der Waals surface area (Å²) in [4.78, 5) is 11.4. The van der Waals surface area contributed by atoms with Crippen LogP contribution in [0, 0.1) is 0 Å². The molecular weight excluding hydrogens is 282 g/mol. The van der Waals surface area contributed by atoms with Crippen LogP contribution in [-0.2, 0) is 9.26 Å². The summed E-state index contributed by atoms with van der Waals surface area (Å²) in [6.45, 7) is 14.8. The number of carbonyl (C=O) groups is 1. The molecule has 0 aromatic heterocycles. The van der Waals surface area contributed by atoms with E-state index in [-0.39, 0.29) is 11.0 Å². The van der Waals surface area contributed by atoms with Crippen molar-refractivity contribution >= 4 is 20.0 Å². The summed E-state index contributed by atoms with van der Waals surface area (Å²) in [6.07, 6.45) is 0. The fraction of sp³-hybridized carbons (Fsp3) is 0.438. The van der Waals surface area contributed by atoms with Crippen molar-refractivity contribution in [3.05, 3.63) is 42.0 Å². The molecule has 0 amide bonds. The van der Waals surface area contributed by atoms with Gasteiger partial charge in [0.25, 0.3) is 0 Å². The molecule has 21 heavy (non-hydrogen) atoms. The fourth-order valence-corrected chi connectivity index (χ4v) is 2.01. The Kier molecular flexibility index (Phi) is 5.36. The highest BCUT2D eigenvalue weighted by Gasteiger charge is 2.38. The first-order valence-electron chi connectivity index (χ1n) is 6.90. The standard InChI is InChI=1S/C16H25NO3Si/c1-12(17-20-21(6,7)16(2,3)4)13-8-10-14(11-9-13)15(18)19-5/h8-11,17H,1H2,2-7H3. The third-order valence-corrected chi connectivity index (χ3v) is 8.11. The van der Waals surface area contributed by atoms with E-state index in [9.17, 15) is 4.79 Å². The first-order valence-corrected chi connectivity index (χ1v) is 9.81. The molecule has 0 aliphatic carbocycles. The second-order valence-electron chi connectivity index (χ2n) is 6.51. The van der Waals surface area contributed by atoms with Crippen molar-refractivity contribution in [1.29, 1.82) is 0 Å². The molecule has 0 radical (unpaired) electrons. The number of nitrogens with one attached hydrogen (secondary N) is 1. The third-order valence-electron chi connectivity index (χ3n) is 3.89. The minimum Gasteiger partial charge on any atom is -0.465 e. The summed E-state index contributed by atoms with van der Waals surface area (Å²) in [5, 5.41) is 0.120. The molecule has 0 saturated carbocycles. The maximum Gasteiger partial charge on any atom is 0.337 e. The summed E-state index contributed by atoms with van der Waals surface area (Å²) in [6, 6.07) is 7.05. The van der Waals surface area contributed by atoms with Gasteiger partial charge >= 0.3 is 5.97 Å². The van der Waals surface area contributed by atoms with Gasteiger partial charge in [0.1, 0.15) is 0 Å². The van der Waals surface area contributed by atoms with E-state index in [4.69, 9.17) is 4.53 Å². The number of benzene rings is 1. The number of esters is 1. The predicted octanol–water partition coefficient (Wildman–Crippen LogP) is 3.97. The van der Waals surface area contributed by atoms with Gasteiger partial charge in [-0.15, -0.1) is 0 Å². The highest BCUT2D eigenvalue weighted by molar-refractivity contribution is 6.74. The number of hydroxylamine groups is 1. The highest BCUT2D eigenvalue weighted by atomic mass is 28.4. The minimum absolute atomic E-state index is 0.120. The summed E-state index contributed by atoms with van der Waals surface area (Å²) in [5.74, 6) is -0.349. The maximum absolute atomic E-state index is 11.4. The lowest BCUT2D eigenvalue weighted by Crippen LogP contribution is -2.44. The summed E-state index contributed by atoms with van der Waals surface area (Å²) < 4.78 is 10.6. The van der Waals surface area contributed by atoms with Gasteiger partial charge < -0.3 is 9.26 Å². The van der Waals surface area contributed by atoms with Crippen LogP contribution >= 0.6 is 0 Å². The Balaban J connectivity index is 2.71. The largest absolute Gasteiger partial charge is 0.465 e. The molecule has 0 atom stereocenters. The van der Waals surface area contributed by atoms with E-state index in [1.54, 1.807) is 12.1 Å². The molecule has 0 heterocycles. The second-order valence-corrected chi connectivity index (χ2v) is 11.2. The minimum atomic E-state index is -1.88. The lowest BCUT2D eigenvalue weighted by atomic mass is 10.1. The SMILES string of the molecule is C=C(NO[Si](C)(C)C(C)(C)C)c1ccc(C(=O)OC)cc1. The Labute approximate surface area is 128 Å². The van der Waals surface area contributed by atoms with Crippen LogP contribution < -0.4 is 5.48 Å². The molecule has 116 valence electrons. The summed E-state index contributed by atoms with van der Waals surface area (Å²) >= 11 is 0. The predicted molar refractivity (Wildman–Crippen MR) is 88.2 cm³/mol. The Morgan fingerprint density at radius 3 is 2.05 bits per heavy atom. The van der Waals surface area contributed by atoms with Crippen molar-refractivity contribution < 1.29 is 14.1 Å². The molecule has 1 rings (SSSR count). The number of methoxy groups -OCH3 is 1. The van der Waals surface area contributed by atoms with Crippen molar-refractivity contribution in [2.24, 2.45) is 0 Å². The molecule has 0 fully saturated rings. The molecular formula is C16H25NO3Si. The van der Waals surface area contributed by atoms with Crippen LogP contribution in [0.1, 0.15) is 36.7 Å². The Hall–Kier alpha value is -1.59. The van der Waals surface area contributed by atoms with Gasteiger partial charge in [-0.2, -0.15) is 0 Å². The van der Waals surface area contributed by atoms with Crippen LogP contribution in [0.15, 0.2) is 30.8 Å². The fourth-order valence-electron chi connectivity index (χ4n) is 1.33. The van der Waals surface area contributed by atoms with E-state index >= 15 is 0 Å². The molecule has 0 unspecified atom stereocenters. The van der Waals surface area contributed by atoms with Gasteiger partial charge in [0, 0.05) is 0 Å². The molecule has 1 N–H and O–H groups in total. The van der Waals surface area contributed by atoms with Gasteiger partial charge in [0.2, 0.25) is 8.32 Å². The average molecular weight is 307 g/mol. The lowest BCUT2D eigenvalue weighted by Gasteiger charge is -2.35. The van der Waals surface area contributed by atoms with E-state index in [1.165, 1.54) is 7.11 Å². The zero-order valence-electron chi connectivity index (χ0n) is 13.7. The normalized spacial score (nSPS) is 11.9. The van der Waals surface area contributed by atoms with Crippen LogP contribution in [-0.4, -0.2) is 21.4 Å². The molecule has 0 spiro atoms. The van der Waals surface area contributed by atoms with Gasteiger partial charge in [0.15, 0.2) is 0 Å². The van der Waals surface area contributed by atoms with Crippen LogP contribution in [0.2, 0.25) is 18.1 Å². The first-order chi connectivity index (χ1) is 9.58. The highest BCUT2D eigenvalue weighted by Crippen LogP contribution is 2.36. The van der Waals surface area contributed by atoms with Gasteiger partial charge in [-0.3, -0.25) is 5.48 Å². The number of carbonyl (C=O) groups excluding carboxylic acids is 1. The van der Waals surface area contributed by atoms with Crippen molar-refractivity contribution in [3.8, 4) is 0 Å². The van der Waals surface area contributed by atoms with E-state index in [0.29, 0.717) is 11.3 Å². The molecule has 1 aromatic rings. The van der Waals surface area contributed by atoms with Crippen LogP contribution in [0.4, 0.5) is 0 Å². The van der Waals surface area contributed by atoms with Crippen molar-refractivity contribution in [3.63, 3.8) is 0 Å². The summed E-state index contributed by atoms with van der Waals surface area (Å²) in [5.41, 5.74) is 5.03. The van der Waals surface area contributed by atoms with Crippen molar-refractivity contribution in [2.75, 3.05) is 7.11 Å². The van der Waals surface area contributed by atoms with Crippen LogP contribution in [0.3, 0.4) is 0 Å². The number of hydrogen-bond acceptors (Lipinski definition) is 4. The topological polar surface area (TPSA) is 47.6 Å². The van der Waals surface area contributed by atoms with Crippen molar-refractivity contribution in [2.45, 2.75) is 38.9 Å². The third kappa shape index (κ3) is 4.44. The monoisotopic (exact) mass is 307 g/mol. The van der Waals surface area contributed by atoms with Crippen molar-refractivity contribution in [1.82, 2.24) is 5.48 Å². The number of ether oxygens (including phenoxy) is 1. The number of hydrogen-bond donors (Lipinski definition) is 1. The Bertz CT molecular complexity index is 515. The summed E-state index contributed by atoms with van der Waals surface area (Å²) in [7, 11) is -0.516. The van der Waals surface area contributed by atoms with Crippen LogP contribution in [0.5, 0.6) is 0 Å². The zero-order chi connectivity index (χ0) is 16.3. The van der Waals surface area contributed by atoms with Crippen LogP contribution in [0.25, 0.3) is 5.70 Å². The van der Waals surface area contributed by atoms with Gasteiger partial charge in [-0.1, -0.05) is 39.5 Å². The molecule has 1 aromatic carbocycles. The van der Waals surface area contributed by atoms with Gasteiger partial charge in [-0.25, -0.2) is 4.79 Å². The van der Waals surface area contributed by atoms with E-state index in [2.05, 4.69) is 50.7 Å². The molecule has 0 aliphatic rings. The van der Waals surface area contributed by atoms with Gasteiger partial charge in [-0.05, 0) is 35.8 Å². The lowest BCUT2D eigenvalue weighted by molar-refractivity contribution is 0.0600. The first kappa shape index (κ1) is 17.5. The second kappa shape index (κ2) is 6.45. The molecule has 0 bridgehead atoms. The van der Waals surface area contributed by atoms with E-state index in [0.717, 1.165) is 5.56 Å². The molecule has 5 heteroatoms. The van der Waals surface area contributed by atoms with E-state index < -0.39 is 8.32 Å². The Morgan fingerprint density at radius 2 is 1.62 bits per heavy atom. The molecule has 0 aliphatic heterocycles. The zero-order valence-corrected chi connectivity index (χ0v) is 14.7. The average Bonchev–Trinajstić information content (AvgIpc) is 2.43. The maximum atomic E-state index is 11.4. The Morgan fingerprint density at radius 1 is 1.14 bits per heavy atom. The van der Waals surface area contributed by atoms with Gasteiger partial charge in [0.05, 0.1) is 18.4 Å². The quantitative estimate of drug-likeness (QED) is 0.508. The number of rotatable bonds is 5. The smallest absolute Gasteiger partial charge is 0.337 e. The molecule has 4 nitrogen and oxygen atoms in total.